The first-order chi connectivity index (χ1) is 9.76. The lowest BCUT2D eigenvalue weighted by atomic mass is 9.78. The molecule has 3 unspecified atom stereocenters. The average Bonchev–Trinajstić information content (AvgIpc) is 2.46. The van der Waals surface area contributed by atoms with Crippen LogP contribution < -0.4 is 5.32 Å². The SMILES string of the molecule is CC1CCCC(CNC2CCOC3(CCCCC3)C2)C1. The largest absolute Gasteiger partial charge is 0.375 e. The van der Waals surface area contributed by atoms with Gasteiger partial charge in [0.2, 0.25) is 0 Å². The summed E-state index contributed by atoms with van der Waals surface area (Å²) >= 11 is 0. The zero-order valence-corrected chi connectivity index (χ0v) is 13.3. The summed E-state index contributed by atoms with van der Waals surface area (Å²) in [5, 5.41) is 3.90. The summed E-state index contributed by atoms with van der Waals surface area (Å²) in [6.45, 7) is 4.67. The fraction of sp³-hybridized carbons (Fsp3) is 1.00. The quantitative estimate of drug-likeness (QED) is 0.832. The average molecular weight is 279 g/mol. The first-order valence-corrected chi connectivity index (χ1v) is 9.13. The van der Waals surface area contributed by atoms with Crippen molar-refractivity contribution in [2.75, 3.05) is 13.2 Å². The lowest BCUT2D eigenvalue weighted by Crippen LogP contribution is -2.49. The highest BCUT2D eigenvalue weighted by Crippen LogP contribution is 2.38. The van der Waals surface area contributed by atoms with Crippen molar-refractivity contribution < 1.29 is 4.74 Å². The second-order valence-electron chi connectivity index (χ2n) is 7.83. The molecule has 20 heavy (non-hydrogen) atoms. The van der Waals surface area contributed by atoms with Crippen molar-refractivity contribution in [2.24, 2.45) is 11.8 Å². The minimum atomic E-state index is 0.258. The van der Waals surface area contributed by atoms with Crippen LogP contribution in [0, 0.1) is 11.8 Å². The van der Waals surface area contributed by atoms with E-state index in [1.165, 1.54) is 77.2 Å². The molecule has 0 aromatic heterocycles. The topological polar surface area (TPSA) is 21.3 Å². The molecule has 3 rings (SSSR count). The van der Waals surface area contributed by atoms with Gasteiger partial charge in [-0.2, -0.15) is 0 Å². The predicted octanol–water partition coefficient (Wildman–Crippen LogP) is 4.28. The highest BCUT2D eigenvalue weighted by Gasteiger charge is 2.38. The molecule has 0 bridgehead atoms. The lowest BCUT2D eigenvalue weighted by molar-refractivity contribution is -0.109. The van der Waals surface area contributed by atoms with Gasteiger partial charge in [-0.25, -0.2) is 0 Å². The molecule has 0 aromatic rings. The highest BCUT2D eigenvalue weighted by atomic mass is 16.5. The predicted molar refractivity (Wildman–Crippen MR) is 83.9 cm³/mol. The summed E-state index contributed by atoms with van der Waals surface area (Å²) in [5.41, 5.74) is 0.258. The minimum Gasteiger partial charge on any atom is -0.375 e. The smallest absolute Gasteiger partial charge is 0.0697 e. The minimum absolute atomic E-state index is 0.258. The van der Waals surface area contributed by atoms with Crippen LogP contribution in [0.5, 0.6) is 0 Å². The zero-order chi connectivity index (χ0) is 13.8. The van der Waals surface area contributed by atoms with Crippen LogP contribution in [-0.2, 0) is 4.74 Å². The van der Waals surface area contributed by atoms with Crippen molar-refractivity contribution in [2.45, 2.75) is 89.2 Å². The van der Waals surface area contributed by atoms with E-state index in [-0.39, 0.29) is 5.60 Å². The Kier molecular flexibility index (Phi) is 5.04. The third-order valence-electron chi connectivity index (χ3n) is 6.00. The van der Waals surface area contributed by atoms with Gasteiger partial charge >= 0.3 is 0 Å². The molecule has 0 aromatic carbocycles. The van der Waals surface area contributed by atoms with Crippen LogP contribution in [0.4, 0.5) is 0 Å². The van der Waals surface area contributed by atoms with Crippen molar-refractivity contribution in [3.05, 3.63) is 0 Å². The third-order valence-corrected chi connectivity index (χ3v) is 6.00. The van der Waals surface area contributed by atoms with Gasteiger partial charge in [-0.05, 0) is 56.9 Å². The number of nitrogens with one attached hydrogen (secondary N) is 1. The van der Waals surface area contributed by atoms with Crippen LogP contribution in [0.3, 0.4) is 0 Å². The number of ether oxygens (including phenoxy) is 1. The van der Waals surface area contributed by atoms with Crippen LogP contribution in [-0.4, -0.2) is 24.8 Å². The molecule has 2 heteroatoms. The number of hydrogen-bond donors (Lipinski definition) is 1. The van der Waals surface area contributed by atoms with Gasteiger partial charge in [-0.3, -0.25) is 0 Å². The Morgan fingerprint density at radius 1 is 1.05 bits per heavy atom. The van der Waals surface area contributed by atoms with E-state index < -0.39 is 0 Å². The molecule has 2 aliphatic carbocycles. The molecular formula is C18H33NO. The Bertz CT molecular complexity index is 292. The van der Waals surface area contributed by atoms with Gasteiger partial charge in [0.15, 0.2) is 0 Å². The van der Waals surface area contributed by atoms with Crippen molar-refractivity contribution in [1.82, 2.24) is 5.32 Å². The molecule has 116 valence electrons. The van der Waals surface area contributed by atoms with E-state index in [4.69, 9.17) is 4.74 Å². The van der Waals surface area contributed by atoms with Crippen LogP contribution in [0.25, 0.3) is 0 Å². The summed E-state index contributed by atoms with van der Waals surface area (Å²) < 4.78 is 6.21. The summed E-state index contributed by atoms with van der Waals surface area (Å²) in [6.07, 6.45) is 15.1. The van der Waals surface area contributed by atoms with Crippen molar-refractivity contribution in [3.8, 4) is 0 Å². The van der Waals surface area contributed by atoms with Crippen molar-refractivity contribution in [1.29, 1.82) is 0 Å². The summed E-state index contributed by atoms with van der Waals surface area (Å²) in [7, 11) is 0. The normalized spacial score (nSPS) is 38.0. The molecule has 0 amide bonds. The fourth-order valence-corrected chi connectivity index (χ4v) is 4.82. The Hall–Kier alpha value is -0.0800. The highest BCUT2D eigenvalue weighted by molar-refractivity contribution is 4.92. The van der Waals surface area contributed by atoms with Crippen molar-refractivity contribution >= 4 is 0 Å². The molecule has 0 radical (unpaired) electrons. The molecule has 2 nitrogen and oxygen atoms in total. The summed E-state index contributed by atoms with van der Waals surface area (Å²) in [4.78, 5) is 0. The molecular weight excluding hydrogens is 246 g/mol. The Morgan fingerprint density at radius 3 is 2.70 bits per heavy atom. The van der Waals surface area contributed by atoms with Crippen LogP contribution >= 0.6 is 0 Å². The molecule has 3 aliphatic rings. The zero-order valence-electron chi connectivity index (χ0n) is 13.3. The first kappa shape index (κ1) is 14.8. The summed E-state index contributed by atoms with van der Waals surface area (Å²) in [6, 6.07) is 0.721. The van der Waals surface area contributed by atoms with E-state index in [1.807, 2.05) is 0 Å². The maximum Gasteiger partial charge on any atom is 0.0697 e. The van der Waals surface area contributed by atoms with E-state index in [2.05, 4.69) is 12.2 Å². The van der Waals surface area contributed by atoms with Crippen LogP contribution in [0.2, 0.25) is 0 Å². The maximum atomic E-state index is 6.21. The van der Waals surface area contributed by atoms with Crippen LogP contribution in [0.1, 0.15) is 77.6 Å². The molecule has 1 heterocycles. The Labute approximate surface area is 125 Å². The van der Waals surface area contributed by atoms with Gasteiger partial charge in [0.05, 0.1) is 5.60 Å². The van der Waals surface area contributed by atoms with Gasteiger partial charge in [0, 0.05) is 12.6 Å². The molecule has 3 atom stereocenters. The molecule has 2 saturated carbocycles. The molecule has 1 aliphatic heterocycles. The van der Waals surface area contributed by atoms with Gasteiger partial charge in [-0.1, -0.05) is 39.0 Å². The second kappa shape index (κ2) is 6.79. The van der Waals surface area contributed by atoms with Gasteiger partial charge < -0.3 is 10.1 Å². The van der Waals surface area contributed by atoms with E-state index >= 15 is 0 Å². The van der Waals surface area contributed by atoms with E-state index in [1.54, 1.807) is 0 Å². The molecule has 1 spiro atoms. The van der Waals surface area contributed by atoms with Crippen LogP contribution in [0.15, 0.2) is 0 Å². The van der Waals surface area contributed by atoms with E-state index in [0.717, 1.165) is 24.5 Å². The van der Waals surface area contributed by atoms with E-state index in [9.17, 15) is 0 Å². The fourth-order valence-electron chi connectivity index (χ4n) is 4.82. The van der Waals surface area contributed by atoms with Crippen molar-refractivity contribution in [3.63, 3.8) is 0 Å². The van der Waals surface area contributed by atoms with E-state index in [0.29, 0.717) is 0 Å². The Balaban J connectivity index is 1.45. The molecule has 1 saturated heterocycles. The molecule has 1 N–H and O–H groups in total. The number of hydrogen-bond acceptors (Lipinski definition) is 2. The molecule has 3 fully saturated rings. The maximum absolute atomic E-state index is 6.21. The third kappa shape index (κ3) is 3.76. The lowest BCUT2D eigenvalue weighted by Gasteiger charge is -2.44. The van der Waals surface area contributed by atoms with Gasteiger partial charge in [0.25, 0.3) is 0 Å². The first-order valence-electron chi connectivity index (χ1n) is 9.13. The van der Waals surface area contributed by atoms with Gasteiger partial charge in [-0.15, -0.1) is 0 Å². The number of rotatable bonds is 3. The monoisotopic (exact) mass is 279 g/mol. The Morgan fingerprint density at radius 2 is 1.90 bits per heavy atom. The van der Waals surface area contributed by atoms with Gasteiger partial charge in [0.1, 0.15) is 0 Å². The second-order valence-corrected chi connectivity index (χ2v) is 7.83. The summed E-state index contributed by atoms with van der Waals surface area (Å²) in [5.74, 6) is 1.89. The standard InChI is InChI=1S/C18H33NO/c1-15-6-5-7-16(12-15)14-19-17-8-11-20-18(13-17)9-3-2-4-10-18/h15-17,19H,2-14H2,1H3.